The number of aromatic nitrogens is 2. The number of nitrogens with one attached hydrogen (secondary N) is 1. The molecule has 1 aromatic rings. The number of rotatable bonds is 6. The highest BCUT2D eigenvalue weighted by molar-refractivity contribution is 4.99. The fourth-order valence-electron chi connectivity index (χ4n) is 2.84. The summed E-state index contributed by atoms with van der Waals surface area (Å²) < 4.78 is 2.25. The van der Waals surface area contributed by atoms with E-state index in [0.29, 0.717) is 12.1 Å². The molecule has 0 radical (unpaired) electrons. The van der Waals surface area contributed by atoms with Crippen LogP contribution in [0.25, 0.3) is 0 Å². The summed E-state index contributed by atoms with van der Waals surface area (Å²) in [5.41, 5.74) is 1.35. The standard InChI is InChI=1S/C15H28N4/c1-4-18-12-16-9-15(18)11-19-8-6-5-7-14(19)10-17-13(2)3/h9,12-14,17H,4-8,10-11H2,1-3H3. The van der Waals surface area contributed by atoms with E-state index in [0.717, 1.165) is 19.6 Å². The number of hydrogen-bond donors (Lipinski definition) is 1. The third kappa shape index (κ3) is 4.05. The molecule has 4 nitrogen and oxygen atoms in total. The molecule has 0 aromatic carbocycles. The Morgan fingerprint density at radius 1 is 1.42 bits per heavy atom. The van der Waals surface area contributed by atoms with Gasteiger partial charge < -0.3 is 9.88 Å². The minimum Gasteiger partial charge on any atom is -0.334 e. The van der Waals surface area contributed by atoms with E-state index in [1.165, 1.54) is 31.5 Å². The summed E-state index contributed by atoms with van der Waals surface area (Å²) in [6.07, 6.45) is 7.98. The number of hydrogen-bond acceptors (Lipinski definition) is 3. The van der Waals surface area contributed by atoms with E-state index in [1.807, 2.05) is 12.5 Å². The first-order valence-electron chi connectivity index (χ1n) is 7.67. The van der Waals surface area contributed by atoms with Crippen LogP contribution < -0.4 is 5.32 Å². The van der Waals surface area contributed by atoms with Gasteiger partial charge in [-0.2, -0.15) is 0 Å². The van der Waals surface area contributed by atoms with Gasteiger partial charge in [0, 0.05) is 37.9 Å². The molecule has 1 aromatic heterocycles. The van der Waals surface area contributed by atoms with Gasteiger partial charge in [0.25, 0.3) is 0 Å². The van der Waals surface area contributed by atoms with Gasteiger partial charge >= 0.3 is 0 Å². The molecule has 1 fully saturated rings. The van der Waals surface area contributed by atoms with Crippen molar-refractivity contribution in [1.82, 2.24) is 19.8 Å². The molecule has 1 aliphatic heterocycles. The molecule has 4 heteroatoms. The maximum atomic E-state index is 4.28. The molecule has 0 amide bonds. The Bertz CT molecular complexity index is 372. The van der Waals surface area contributed by atoms with Crippen molar-refractivity contribution >= 4 is 0 Å². The van der Waals surface area contributed by atoms with Crippen molar-refractivity contribution in [3.05, 3.63) is 18.2 Å². The first kappa shape index (κ1) is 14.5. The highest BCUT2D eigenvalue weighted by Gasteiger charge is 2.23. The smallest absolute Gasteiger partial charge is 0.0948 e. The first-order chi connectivity index (χ1) is 9.20. The summed E-state index contributed by atoms with van der Waals surface area (Å²) in [6.45, 7) is 11.0. The predicted molar refractivity (Wildman–Crippen MR) is 79.1 cm³/mol. The van der Waals surface area contributed by atoms with Gasteiger partial charge in [-0.15, -0.1) is 0 Å². The van der Waals surface area contributed by atoms with Crippen LogP contribution in [0.3, 0.4) is 0 Å². The molecule has 0 saturated carbocycles. The van der Waals surface area contributed by atoms with E-state index < -0.39 is 0 Å². The monoisotopic (exact) mass is 264 g/mol. The lowest BCUT2D eigenvalue weighted by molar-refractivity contribution is 0.132. The minimum atomic E-state index is 0.574. The van der Waals surface area contributed by atoms with Gasteiger partial charge in [-0.1, -0.05) is 20.3 Å². The van der Waals surface area contributed by atoms with Crippen LogP contribution in [-0.2, 0) is 13.1 Å². The third-order valence-electron chi connectivity index (χ3n) is 4.02. The lowest BCUT2D eigenvalue weighted by atomic mass is 10.0. The van der Waals surface area contributed by atoms with E-state index in [4.69, 9.17) is 0 Å². The second-order valence-corrected chi connectivity index (χ2v) is 5.85. The number of aryl methyl sites for hydroxylation is 1. The van der Waals surface area contributed by atoms with Gasteiger partial charge in [-0.05, 0) is 26.3 Å². The van der Waals surface area contributed by atoms with Crippen molar-refractivity contribution < 1.29 is 0 Å². The molecule has 1 atom stereocenters. The second kappa shape index (κ2) is 7.06. The van der Waals surface area contributed by atoms with Crippen LogP contribution in [0.15, 0.2) is 12.5 Å². The van der Waals surface area contributed by atoms with E-state index in [1.54, 1.807) is 0 Å². The molecule has 19 heavy (non-hydrogen) atoms. The number of nitrogens with zero attached hydrogens (tertiary/aromatic N) is 3. The summed E-state index contributed by atoms with van der Waals surface area (Å²) in [6, 6.07) is 1.25. The maximum Gasteiger partial charge on any atom is 0.0948 e. The average molecular weight is 264 g/mol. The summed E-state index contributed by atoms with van der Waals surface area (Å²) >= 11 is 0. The number of imidazole rings is 1. The van der Waals surface area contributed by atoms with Crippen LogP contribution in [0.2, 0.25) is 0 Å². The van der Waals surface area contributed by atoms with Gasteiger partial charge in [0.15, 0.2) is 0 Å². The van der Waals surface area contributed by atoms with Gasteiger partial charge in [0.1, 0.15) is 0 Å². The summed E-state index contributed by atoms with van der Waals surface area (Å²) in [7, 11) is 0. The molecular weight excluding hydrogens is 236 g/mol. The van der Waals surface area contributed by atoms with Crippen molar-refractivity contribution in [2.24, 2.45) is 0 Å². The Kier molecular flexibility index (Phi) is 5.40. The summed E-state index contributed by atoms with van der Waals surface area (Å²) in [5, 5.41) is 3.59. The van der Waals surface area contributed by atoms with Crippen LogP contribution >= 0.6 is 0 Å². The maximum absolute atomic E-state index is 4.28. The largest absolute Gasteiger partial charge is 0.334 e. The van der Waals surface area contributed by atoms with Gasteiger partial charge in [0.05, 0.1) is 12.0 Å². The van der Waals surface area contributed by atoms with Crippen molar-refractivity contribution in [3.8, 4) is 0 Å². The molecule has 0 spiro atoms. The van der Waals surface area contributed by atoms with Crippen LogP contribution in [-0.4, -0.2) is 39.6 Å². The first-order valence-corrected chi connectivity index (χ1v) is 7.67. The van der Waals surface area contributed by atoms with Crippen LogP contribution in [0.4, 0.5) is 0 Å². The summed E-state index contributed by atoms with van der Waals surface area (Å²) in [4.78, 5) is 6.91. The normalized spacial score (nSPS) is 21.2. The summed E-state index contributed by atoms with van der Waals surface area (Å²) in [5.74, 6) is 0. The molecule has 108 valence electrons. The Labute approximate surface area is 117 Å². The Morgan fingerprint density at radius 2 is 2.26 bits per heavy atom. The number of piperidine rings is 1. The van der Waals surface area contributed by atoms with Crippen LogP contribution in [0.1, 0.15) is 45.7 Å². The van der Waals surface area contributed by atoms with E-state index >= 15 is 0 Å². The zero-order chi connectivity index (χ0) is 13.7. The van der Waals surface area contributed by atoms with Crippen molar-refractivity contribution in [1.29, 1.82) is 0 Å². The lowest BCUT2D eigenvalue weighted by Crippen LogP contribution is -2.46. The molecule has 1 saturated heterocycles. The molecule has 2 heterocycles. The van der Waals surface area contributed by atoms with Gasteiger partial charge in [-0.25, -0.2) is 4.98 Å². The molecule has 1 aliphatic rings. The molecule has 2 rings (SSSR count). The molecule has 1 unspecified atom stereocenters. The zero-order valence-electron chi connectivity index (χ0n) is 12.6. The van der Waals surface area contributed by atoms with Crippen LogP contribution in [0.5, 0.6) is 0 Å². The fraction of sp³-hybridized carbons (Fsp3) is 0.800. The molecule has 1 N–H and O–H groups in total. The quantitative estimate of drug-likeness (QED) is 0.855. The molecule has 0 aliphatic carbocycles. The Balaban J connectivity index is 1.95. The number of likely N-dealkylation sites (tertiary alicyclic amines) is 1. The van der Waals surface area contributed by atoms with Crippen molar-refractivity contribution in [3.63, 3.8) is 0 Å². The van der Waals surface area contributed by atoms with Crippen molar-refractivity contribution in [2.75, 3.05) is 13.1 Å². The highest BCUT2D eigenvalue weighted by Crippen LogP contribution is 2.19. The van der Waals surface area contributed by atoms with Gasteiger partial charge in [0.2, 0.25) is 0 Å². The van der Waals surface area contributed by atoms with Crippen LogP contribution in [0, 0.1) is 0 Å². The fourth-order valence-corrected chi connectivity index (χ4v) is 2.84. The minimum absolute atomic E-state index is 0.574. The third-order valence-corrected chi connectivity index (χ3v) is 4.02. The van der Waals surface area contributed by atoms with E-state index in [9.17, 15) is 0 Å². The second-order valence-electron chi connectivity index (χ2n) is 5.85. The molecule has 0 bridgehead atoms. The van der Waals surface area contributed by atoms with E-state index in [-0.39, 0.29) is 0 Å². The molecular formula is C15H28N4. The van der Waals surface area contributed by atoms with Gasteiger partial charge in [-0.3, -0.25) is 4.90 Å². The Hall–Kier alpha value is -0.870. The SMILES string of the molecule is CCn1cncc1CN1CCCCC1CNC(C)C. The topological polar surface area (TPSA) is 33.1 Å². The predicted octanol–water partition coefficient (Wildman–Crippen LogP) is 2.26. The average Bonchev–Trinajstić information content (AvgIpc) is 2.85. The lowest BCUT2D eigenvalue weighted by Gasteiger charge is -2.36. The Morgan fingerprint density at radius 3 is 3.00 bits per heavy atom. The van der Waals surface area contributed by atoms with Crippen molar-refractivity contribution in [2.45, 2.75) is 65.2 Å². The highest BCUT2D eigenvalue weighted by atomic mass is 15.2. The zero-order valence-corrected chi connectivity index (χ0v) is 12.6. The van der Waals surface area contributed by atoms with E-state index in [2.05, 4.69) is 40.5 Å².